The molecule has 1 nitrogen and oxygen atoms in total. The summed E-state index contributed by atoms with van der Waals surface area (Å²) in [5, 5.41) is 8.77. The molecule has 0 aromatic heterocycles. The third-order valence-electron chi connectivity index (χ3n) is 3.12. The number of nitrogens with zero attached hydrogens (tertiary/aromatic N) is 1. The van der Waals surface area contributed by atoms with E-state index in [0.717, 1.165) is 12.0 Å². The maximum absolute atomic E-state index is 8.77. The van der Waals surface area contributed by atoms with Crippen molar-refractivity contribution in [1.29, 1.82) is 5.26 Å². The number of hydrogen-bond donors (Lipinski definition) is 0. The number of rotatable bonds is 4. The van der Waals surface area contributed by atoms with Crippen LogP contribution >= 0.6 is 0 Å². The van der Waals surface area contributed by atoms with Gasteiger partial charge in [-0.2, -0.15) is 5.26 Å². The quantitative estimate of drug-likeness (QED) is 0.706. The van der Waals surface area contributed by atoms with Crippen LogP contribution in [0.1, 0.15) is 44.7 Å². The van der Waals surface area contributed by atoms with Gasteiger partial charge in [0.1, 0.15) is 0 Å². The molecule has 0 unspecified atom stereocenters. The van der Waals surface area contributed by atoms with E-state index in [4.69, 9.17) is 5.26 Å². The Labute approximate surface area is 122 Å². The third-order valence-corrected chi connectivity index (χ3v) is 3.12. The van der Waals surface area contributed by atoms with E-state index in [-0.39, 0.29) is 0 Å². The van der Waals surface area contributed by atoms with Crippen molar-refractivity contribution in [3.63, 3.8) is 0 Å². The lowest BCUT2D eigenvalue weighted by Gasteiger charge is -2.04. The number of benzene rings is 2. The van der Waals surface area contributed by atoms with Gasteiger partial charge in [-0.1, -0.05) is 63.6 Å². The van der Waals surface area contributed by atoms with Crippen LogP contribution in [-0.4, -0.2) is 0 Å². The second-order valence-electron chi connectivity index (χ2n) is 4.49. The summed E-state index contributed by atoms with van der Waals surface area (Å²) in [6.45, 7) is 6.21. The molecule has 0 bridgehead atoms. The van der Waals surface area contributed by atoms with Gasteiger partial charge in [0.15, 0.2) is 0 Å². The second-order valence-corrected chi connectivity index (χ2v) is 4.49. The second kappa shape index (κ2) is 8.93. The Balaban J connectivity index is 0.000000956. The molecule has 0 amide bonds. The van der Waals surface area contributed by atoms with Crippen LogP contribution in [0.25, 0.3) is 11.1 Å². The molecule has 0 N–H and O–H groups in total. The summed E-state index contributed by atoms with van der Waals surface area (Å²) in [4.78, 5) is 0. The van der Waals surface area contributed by atoms with Crippen LogP contribution in [0.4, 0.5) is 0 Å². The molecule has 0 saturated carbocycles. The molecule has 0 aliphatic heterocycles. The monoisotopic (exact) mass is 265 g/mol. The maximum atomic E-state index is 8.77. The van der Waals surface area contributed by atoms with Gasteiger partial charge in [-0.15, -0.1) is 0 Å². The number of unbranched alkanes of at least 4 members (excludes halogenated alkanes) is 1. The molecule has 2 rings (SSSR count). The van der Waals surface area contributed by atoms with Crippen molar-refractivity contribution in [2.24, 2.45) is 0 Å². The van der Waals surface area contributed by atoms with Gasteiger partial charge < -0.3 is 0 Å². The van der Waals surface area contributed by atoms with Gasteiger partial charge in [-0.3, -0.25) is 0 Å². The van der Waals surface area contributed by atoms with E-state index in [1.165, 1.54) is 24.0 Å². The topological polar surface area (TPSA) is 23.8 Å². The van der Waals surface area contributed by atoms with Crippen molar-refractivity contribution in [2.75, 3.05) is 0 Å². The van der Waals surface area contributed by atoms with Crippen LogP contribution in [0.15, 0.2) is 48.5 Å². The molecule has 0 fully saturated rings. The maximum Gasteiger partial charge on any atom is 0.0991 e. The lowest BCUT2D eigenvalue weighted by Crippen LogP contribution is -1.85. The van der Waals surface area contributed by atoms with Gasteiger partial charge in [-0.05, 0) is 41.7 Å². The van der Waals surface area contributed by atoms with Crippen LogP contribution < -0.4 is 0 Å². The minimum Gasteiger partial charge on any atom is -0.192 e. The molecule has 0 atom stereocenters. The fourth-order valence-electron chi connectivity index (χ4n) is 1.98. The summed E-state index contributed by atoms with van der Waals surface area (Å²) < 4.78 is 0. The lowest BCUT2D eigenvalue weighted by atomic mass is 10.0. The summed E-state index contributed by atoms with van der Waals surface area (Å²) in [5.41, 5.74) is 4.48. The summed E-state index contributed by atoms with van der Waals surface area (Å²) in [7, 11) is 0. The summed E-state index contributed by atoms with van der Waals surface area (Å²) in [6, 6.07) is 18.6. The van der Waals surface area contributed by atoms with Crippen molar-refractivity contribution >= 4 is 0 Å². The van der Waals surface area contributed by atoms with E-state index in [1.807, 2.05) is 38.1 Å². The zero-order valence-electron chi connectivity index (χ0n) is 12.7. The summed E-state index contributed by atoms with van der Waals surface area (Å²) in [5.74, 6) is 0. The largest absolute Gasteiger partial charge is 0.192 e. The lowest BCUT2D eigenvalue weighted by molar-refractivity contribution is 0.795. The Bertz CT molecular complexity index is 529. The van der Waals surface area contributed by atoms with E-state index < -0.39 is 0 Å². The molecule has 0 aliphatic carbocycles. The smallest absolute Gasteiger partial charge is 0.0991 e. The first-order chi connectivity index (χ1) is 9.83. The molecule has 2 aromatic carbocycles. The Hall–Kier alpha value is -2.07. The average molecular weight is 265 g/mol. The molecule has 20 heavy (non-hydrogen) atoms. The van der Waals surface area contributed by atoms with Gasteiger partial charge in [0.25, 0.3) is 0 Å². The predicted octanol–water partition coefficient (Wildman–Crippen LogP) is 5.59. The standard InChI is InChI=1S/C17H17N.C2H6/c1-2-3-4-14-5-9-16(10-6-14)17-11-7-15(13-18)8-12-17;1-2/h5-12H,2-4H2,1H3;1-2H3. The van der Waals surface area contributed by atoms with Crippen LogP contribution in [0, 0.1) is 11.3 Å². The molecule has 0 saturated heterocycles. The predicted molar refractivity (Wildman–Crippen MR) is 86.6 cm³/mol. The fraction of sp³-hybridized carbons (Fsp3) is 0.316. The highest BCUT2D eigenvalue weighted by molar-refractivity contribution is 5.64. The molecule has 0 heterocycles. The van der Waals surface area contributed by atoms with E-state index in [0.29, 0.717) is 5.56 Å². The first-order valence-corrected chi connectivity index (χ1v) is 7.43. The first-order valence-electron chi connectivity index (χ1n) is 7.43. The molecule has 104 valence electrons. The van der Waals surface area contributed by atoms with E-state index in [2.05, 4.69) is 37.3 Å². The minimum absolute atomic E-state index is 0.707. The van der Waals surface area contributed by atoms with Crippen LogP contribution in [-0.2, 0) is 6.42 Å². The Morgan fingerprint density at radius 1 is 0.850 bits per heavy atom. The normalized spacial score (nSPS) is 9.30. The Morgan fingerprint density at radius 3 is 1.80 bits per heavy atom. The Morgan fingerprint density at radius 2 is 1.35 bits per heavy atom. The fourth-order valence-corrected chi connectivity index (χ4v) is 1.98. The molecular weight excluding hydrogens is 242 g/mol. The molecular formula is C19H23N. The highest BCUT2D eigenvalue weighted by atomic mass is 14.2. The number of nitriles is 1. The summed E-state index contributed by atoms with van der Waals surface area (Å²) >= 11 is 0. The Kier molecular flexibility index (Phi) is 7.14. The molecule has 1 heteroatoms. The molecule has 0 spiro atoms. The number of aryl methyl sites for hydroxylation is 1. The molecule has 0 aliphatic rings. The molecule has 2 aromatic rings. The number of hydrogen-bond acceptors (Lipinski definition) is 1. The van der Waals surface area contributed by atoms with Gasteiger partial charge in [0, 0.05) is 0 Å². The SMILES string of the molecule is CC.CCCCc1ccc(-c2ccc(C#N)cc2)cc1. The zero-order valence-corrected chi connectivity index (χ0v) is 12.7. The highest BCUT2D eigenvalue weighted by Crippen LogP contribution is 2.20. The van der Waals surface area contributed by atoms with Crippen molar-refractivity contribution in [3.8, 4) is 17.2 Å². The zero-order chi connectivity index (χ0) is 14.8. The van der Waals surface area contributed by atoms with E-state index in [9.17, 15) is 0 Å². The third kappa shape index (κ3) is 4.55. The van der Waals surface area contributed by atoms with Gasteiger partial charge >= 0.3 is 0 Å². The minimum atomic E-state index is 0.707. The van der Waals surface area contributed by atoms with Crippen LogP contribution in [0.3, 0.4) is 0 Å². The van der Waals surface area contributed by atoms with Crippen molar-refractivity contribution in [1.82, 2.24) is 0 Å². The highest BCUT2D eigenvalue weighted by Gasteiger charge is 1.98. The summed E-state index contributed by atoms with van der Waals surface area (Å²) in [6.07, 6.45) is 3.64. The van der Waals surface area contributed by atoms with E-state index in [1.54, 1.807) is 0 Å². The van der Waals surface area contributed by atoms with Gasteiger partial charge in [0.05, 0.1) is 11.6 Å². The average Bonchev–Trinajstić information content (AvgIpc) is 2.55. The van der Waals surface area contributed by atoms with Crippen molar-refractivity contribution in [2.45, 2.75) is 40.0 Å². The molecule has 0 radical (unpaired) electrons. The van der Waals surface area contributed by atoms with E-state index >= 15 is 0 Å². The van der Waals surface area contributed by atoms with Gasteiger partial charge in [0.2, 0.25) is 0 Å². The van der Waals surface area contributed by atoms with Gasteiger partial charge in [-0.25, -0.2) is 0 Å². The van der Waals surface area contributed by atoms with Crippen LogP contribution in [0.2, 0.25) is 0 Å². The van der Waals surface area contributed by atoms with Crippen LogP contribution in [0.5, 0.6) is 0 Å². The van der Waals surface area contributed by atoms with Crippen molar-refractivity contribution in [3.05, 3.63) is 59.7 Å². The first kappa shape index (κ1) is 16.0. The van der Waals surface area contributed by atoms with Crippen molar-refractivity contribution < 1.29 is 0 Å².